The number of carbonyl (C=O) groups excluding carboxylic acids is 1. The van der Waals surface area contributed by atoms with Gasteiger partial charge in [0.2, 0.25) is 0 Å². The molecule has 0 bridgehead atoms. The lowest BCUT2D eigenvalue weighted by Crippen LogP contribution is -2.50. The molecule has 0 aliphatic carbocycles. The molecule has 0 spiro atoms. The van der Waals surface area contributed by atoms with Crippen molar-refractivity contribution in [1.29, 1.82) is 0 Å². The monoisotopic (exact) mass is 298 g/mol. The van der Waals surface area contributed by atoms with Crippen LogP contribution in [0.2, 0.25) is 0 Å². The van der Waals surface area contributed by atoms with Crippen LogP contribution in [0.15, 0.2) is 48.8 Å². The zero-order chi connectivity index (χ0) is 15.7. The van der Waals surface area contributed by atoms with Crippen molar-refractivity contribution in [2.24, 2.45) is 0 Å². The third-order valence-corrected chi connectivity index (χ3v) is 4.34. The molecule has 0 radical (unpaired) electrons. The molecule has 3 rings (SSSR count). The summed E-state index contributed by atoms with van der Waals surface area (Å²) in [5, 5.41) is 9.45. The minimum absolute atomic E-state index is 0.226. The molecule has 1 aliphatic rings. The molecule has 1 aromatic heterocycles. The highest BCUT2D eigenvalue weighted by molar-refractivity contribution is 5.98. The van der Waals surface area contributed by atoms with E-state index >= 15 is 0 Å². The van der Waals surface area contributed by atoms with Crippen LogP contribution in [0.1, 0.15) is 30.1 Å². The fourth-order valence-electron chi connectivity index (χ4n) is 2.97. The molecule has 0 saturated carbocycles. The number of carboxylic acid groups (broad SMARTS) is 1. The summed E-state index contributed by atoms with van der Waals surface area (Å²) in [5.41, 5.74) is 0.285. The van der Waals surface area contributed by atoms with Gasteiger partial charge in [0.25, 0.3) is 5.91 Å². The zero-order valence-electron chi connectivity index (χ0n) is 12.4. The lowest BCUT2D eigenvalue weighted by atomic mass is 9.98. The van der Waals surface area contributed by atoms with Crippen LogP contribution in [0, 0.1) is 0 Å². The average Bonchev–Trinajstić information content (AvgIpc) is 3.17. The molecule has 5 nitrogen and oxygen atoms in total. The van der Waals surface area contributed by atoms with Gasteiger partial charge in [0.05, 0.1) is 0 Å². The third kappa shape index (κ3) is 2.28. The summed E-state index contributed by atoms with van der Waals surface area (Å²) in [6.45, 7) is 2.10. The molecule has 22 heavy (non-hydrogen) atoms. The van der Waals surface area contributed by atoms with E-state index in [0.29, 0.717) is 24.9 Å². The average molecular weight is 298 g/mol. The molecule has 1 saturated heterocycles. The summed E-state index contributed by atoms with van der Waals surface area (Å²) in [4.78, 5) is 25.7. The number of carbonyl (C=O) groups is 2. The van der Waals surface area contributed by atoms with Gasteiger partial charge in [-0.2, -0.15) is 0 Å². The molecule has 114 valence electrons. The van der Waals surface area contributed by atoms with Crippen LogP contribution in [0.4, 0.5) is 0 Å². The van der Waals surface area contributed by atoms with E-state index in [1.54, 1.807) is 19.1 Å². The van der Waals surface area contributed by atoms with Crippen LogP contribution >= 0.6 is 0 Å². The Morgan fingerprint density at radius 3 is 2.59 bits per heavy atom. The number of amides is 1. The maximum atomic E-state index is 12.7. The molecule has 2 heterocycles. The van der Waals surface area contributed by atoms with E-state index in [1.807, 2.05) is 41.2 Å². The van der Waals surface area contributed by atoms with Gasteiger partial charge in [0, 0.05) is 30.2 Å². The molecule has 1 aromatic carbocycles. The summed E-state index contributed by atoms with van der Waals surface area (Å²) in [6.07, 6.45) is 5.01. The molecule has 1 fully saturated rings. The van der Waals surface area contributed by atoms with Crippen LogP contribution in [0.3, 0.4) is 0 Å². The first kappa shape index (κ1) is 14.4. The number of nitrogens with zero attached hydrogens (tertiary/aromatic N) is 2. The number of benzene rings is 1. The van der Waals surface area contributed by atoms with E-state index in [1.165, 1.54) is 4.90 Å². The van der Waals surface area contributed by atoms with Crippen molar-refractivity contribution < 1.29 is 14.7 Å². The maximum absolute atomic E-state index is 12.7. The van der Waals surface area contributed by atoms with Gasteiger partial charge in [-0.05, 0) is 50.1 Å². The van der Waals surface area contributed by atoms with Crippen LogP contribution in [0.5, 0.6) is 0 Å². The van der Waals surface area contributed by atoms with Gasteiger partial charge in [0.15, 0.2) is 0 Å². The summed E-state index contributed by atoms with van der Waals surface area (Å²) in [6, 6.07) is 11.1. The second-order valence-electron chi connectivity index (χ2n) is 5.78. The van der Waals surface area contributed by atoms with Gasteiger partial charge in [-0.25, -0.2) is 4.79 Å². The van der Waals surface area contributed by atoms with Gasteiger partial charge in [0.1, 0.15) is 5.54 Å². The van der Waals surface area contributed by atoms with Crippen molar-refractivity contribution >= 4 is 11.9 Å². The second kappa shape index (κ2) is 5.33. The first-order valence-corrected chi connectivity index (χ1v) is 7.31. The Bertz CT molecular complexity index is 708. The van der Waals surface area contributed by atoms with Crippen molar-refractivity contribution in [2.45, 2.75) is 25.3 Å². The number of aliphatic carboxylic acids is 1. The molecule has 1 amide bonds. The summed E-state index contributed by atoms with van der Waals surface area (Å²) < 4.78 is 1.91. The lowest BCUT2D eigenvalue weighted by molar-refractivity contribution is -0.147. The minimum Gasteiger partial charge on any atom is -0.480 e. The van der Waals surface area contributed by atoms with E-state index in [2.05, 4.69) is 0 Å². The largest absolute Gasteiger partial charge is 0.480 e. The van der Waals surface area contributed by atoms with E-state index in [-0.39, 0.29) is 5.91 Å². The first-order valence-electron chi connectivity index (χ1n) is 7.31. The molecule has 5 heteroatoms. The van der Waals surface area contributed by atoms with Crippen molar-refractivity contribution in [1.82, 2.24) is 9.47 Å². The Morgan fingerprint density at radius 2 is 1.91 bits per heavy atom. The summed E-state index contributed by atoms with van der Waals surface area (Å²) in [7, 11) is 0. The number of aromatic nitrogens is 1. The lowest BCUT2D eigenvalue weighted by Gasteiger charge is -2.31. The fourth-order valence-corrected chi connectivity index (χ4v) is 2.97. The van der Waals surface area contributed by atoms with Crippen LogP contribution in [0.25, 0.3) is 5.69 Å². The van der Waals surface area contributed by atoms with Crippen LogP contribution in [-0.2, 0) is 4.79 Å². The Labute approximate surface area is 128 Å². The SMILES string of the molecule is CC1(C(=O)O)CCCN1C(=O)c1cccc(-n2cccc2)c1. The Morgan fingerprint density at radius 1 is 1.18 bits per heavy atom. The van der Waals surface area contributed by atoms with E-state index in [4.69, 9.17) is 0 Å². The Hall–Kier alpha value is -2.56. The van der Waals surface area contributed by atoms with E-state index in [0.717, 1.165) is 5.69 Å². The minimum atomic E-state index is -1.11. The van der Waals surface area contributed by atoms with E-state index < -0.39 is 11.5 Å². The molecule has 1 atom stereocenters. The molecular formula is C17H18N2O3. The highest BCUT2D eigenvalue weighted by Crippen LogP contribution is 2.31. The Balaban J connectivity index is 1.93. The second-order valence-corrected chi connectivity index (χ2v) is 5.78. The zero-order valence-corrected chi connectivity index (χ0v) is 12.4. The van der Waals surface area contributed by atoms with Gasteiger partial charge in [-0.3, -0.25) is 4.79 Å². The van der Waals surface area contributed by atoms with Crippen molar-refractivity contribution in [3.05, 3.63) is 54.4 Å². The van der Waals surface area contributed by atoms with Crippen molar-refractivity contribution in [3.8, 4) is 5.69 Å². The topological polar surface area (TPSA) is 62.5 Å². The van der Waals surface area contributed by atoms with Gasteiger partial charge in [-0.1, -0.05) is 6.07 Å². The third-order valence-electron chi connectivity index (χ3n) is 4.34. The number of carboxylic acids is 1. The predicted molar refractivity (Wildman–Crippen MR) is 82.1 cm³/mol. The first-order chi connectivity index (χ1) is 10.5. The highest BCUT2D eigenvalue weighted by atomic mass is 16.4. The van der Waals surface area contributed by atoms with Crippen molar-refractivity contribution in [2.75, 3.05) is 6.54 Å². The summed E-state index contributed by atoms with van der Waals surface area (Å²) >= 11 is 0. The quantitative estimate of drug-likeness (QED) is 0.947. The normalized spacial score (nSPS) is 21.0. The molecule has 1 aliphatic heterocycles. The molecule has 2 aromatic rings. The number of likely N-dealkylation sites (tertiary alicyclic amines) is 1. The summed E-state index contributed by atoms with van der Waals surface area (Å²) in [5.74, 6) is -1.17. The van der Waals surface area contributed by atoms with E-state index in [9.17, 15) is 14.7 Å². The molecule has 1 unspecified atom stereocenters. The maximum Gasteiger partial charge on any atom is 0.329 e. The highest BCUT2D eigenvalue weighted by Gasteiger charge is 2.46. The van der Waals surface area contributed by atoms with Gasteiger partial charge in [-0.15, -0.1) is 0 Å². The number of hydrogen-bond acceptors (Lipinski definition) is 2. The number of hydrogen-bond donors (Lipinski definition) is 1. The standard InChI is InChI=1S/C17H18N2O3/c1-17(16(21)22)8-5-11-19(17)15(20)13-6-4-7-14(12-13)18-9-2-3-10-18/h2-4,6-7,9-10,12H,5,8,11H2,1H3,(H,21,22). The Kier molecular flexibility index (Phi) is 3.48. The van der Waals surface area contributed by atoms with Gasteiger partial charge >= 0.3 is 5.97 Å². The predicted octanol–water partition coefficient (Wildman–Crippen LogP) is 2.56. The van der Waals surface area contributed by atoms with Crippen LogP contribution in [-0.4, -0.2) is 38.5 Å². The smallest absolute Gasteiger partial charge is 0.329 e. The van der Waals surface area contributed by atoms with Crippen molar-refractivity contribution in [3.63, 3.8) is 0 Å². The number of rotatable bonds is 3. The van der Waals surface area contributed by atoms with Crippen LogP contribution < -0.4 is 0 Å². The molecule has 1 N–H and O–H groups in total. The molecular weight excluding hydrogens is 280 g/mol. The van der Waals surface area contributed by atoms with Gasteiger partial charge < -0.3 is 14.6 Å². The fraction of sp³-hybridized carbons (Fsp3) is 0.294.